The Labute approximate surface area is 138 Å². The van der Waals surface area contributed by atoms with Gasteiger partial charge in [-0.3, -0.25) is 4.68 Å². The normalized spacial score (nSPS) is 21.8. The van der Waals surface area contributed by atoms with Crippen LogP contribution in [0.1, 0.15) is 64.6 Å². The Balaban J connectivity index is 1.66. The van der Waals surface area contributed by atoms with E-state index in [4.69, 9.17) is 10.5 Å². The SMILES string of the molecule is CC(C)(C)OC(=O)N1CCC(N)(c2ccnn2C2CCC2)CC1. The number of piperidine rings is 1. The van der Waals surface area contributed by atoms with Crippen LogP contribution < -0.4 is 5.73 Å². The standard InChI is InChI=1S/C17H28N4O2/c1-16(2,3)23-15(22)20-11-8-17(18,9-12-20)14-7-10-19-21(14)13-5-4-6-13/h7,10,13H,4-6,8-9,11-12,18H2,1-3H3. The quantitative estimate of drug-likeness (QED) is 0.909. The number of likely N-dealkylation sites (tertiary alicyclic amines) is 1. The van der Waals surface area contributed by atoms with Gasteiger partial charge >= 0.3 is 6.09 Å². The van der Waals surface area contributed by atoms with Crippen molar-refractivity contribution in [2.75, 3.05) is 13.1 Å². The van der Waals surface area contributed by atoms with E-state index in [1.54, 1.807) is 4.90 Å². The summed E-state index contributed by atoms with van der Waals surface area (Å²) in [5.74, 6) is 0. The first kappa shape index (κ1) is 16.3. The molecule has 0 unspecified atom stereocenters. The summed E-state index contributed by atoms with van der Waals surface area (Å²) in [6.45, 7) is 6.92. The van der Waals surface area contributed by atoms with E-state index in [1.807, 2.05) is 33.0 Å². The van der Waals surface area contributed by atoms with Gasteiger partial charge in [0.1, 0.15) is 5.60 Å². The van der Waals surface area contributed by atoms with Crippen molar-refractivity contribution in [2.24, 2.45) is 5.73 Å². The van der Waals surface area contributed by atoms with E-state index >= 15 is 0 Å². The molecule has 0 bridgehead atoms. The summed E-state index contributed by atoms with van der Waals surface area (Å²) >= 11 is 0. The van der Waals surface area contributed by atoms with Crippen molar-refractivity contribution in [1.29, 1.82) is 0 Å². The van der Waals surface area contributed by atoms with Gasteiger partial charge in [0.2, 0.25) is 0 Å². The molecule has 2 heterocycles. The largest absolute Gasteiger partial charge is 0.444 e. The third-order valence-electron chi connectivity index (χ3n) is 4.91. The molecule has 1 aliphatic carbocycles. The molecule has 2 fully saturated rings. The molecule has 6 nitrogen and oxygen atoms in total. The summed E-state index contributed by atoms with van der Waals surface area (Å²) in [5, 5.41) is 4.49. The molecule has 3 rings (SSSR count). The lowest BCUT2D eigenvalue weighted by atomic mass is 9.84. The predicted molar refractivity (Wildman–Crippen MR) is 88.0 cm³/mol. The minimum absolute atomic E-state index is 0.243. The van der Waals surface area contributed by atoms with Crippen LogP contribution in [0.2, 0.25) is 0 Å². The first-order valence-electron chi connectivity index (χ1n) is 8.59. The number of rotatable bonds is 2. The summed E-state index contributed by atoms with van der Waals surface area (Å²) in [6.07, 6.45) is 6.74. The Bertz CT molecular complexity index is 563. The zero-order chi connectivity index (χ0) is 16.7. The number of hydrogen-bond acceptors (Lipinski definition) is 4. The van der Waals surface area contributed by atoms with Gasteiger partial charge in [0.25, 0.3) is 0 Å². The number of aromatic nitrogens is 2. The second kappa shape index (κ2) is 5.82. The third-order valence-corrected chi connectivity index (χ3v) is 4.91. The summed E-state index contributed by atoms with van der Waals surface area (Å²) in [4.78, 5) is 14.0. The highest BCUT2D eigenvalue weighted by Gasteiger charge is 2.38. The first-order chi connectivity index (χ1) is 10.8. The molecular formula is C17H28N4O2. The molecule has 0 atom stereocenters. The third kappa shape index (κ3) is 3.37. The van der Waals surface area contributed by atoms with Crippen LogP contribution in [0.25, 0.3) is 0 Å². The molecule has 1 aromatic heterocycles. The molecule has 6 heteroatoms. The first-order valence-corrected chi connectivity index (χ1v) is 8.59. The second-order valence-corrected chi connectivity index (χ2v) is 7.87. The van der Waals surface area contributed by atoms with Crippen LogP contribution in [0.5, 0.6) is 0 Å². The summed E-state index contributed by atoms with van der Waals surface area (Å²) in [6, 6.07) is 2.55. The van der Waals surface area contributed by atoms with E-state index in [0.717, 1.165) is 18.5 Å². The average molecular weight is 320 g/mol. The van der Waals surface area contributed by atoms with E-state index in [2.05, 4.69) is 9.78 Å². The van der Waals surface area contributed by atoms with Gasteiger partial charge in [0, 0.05) is 19.3 Å². The molecule has 2 aliphatic rings. The van der Waals surface area contributed by atoms with E-state index in [1.165, 1.54) is 19.3 Å². The van der Waals surface area contributed by atoms with Crippen molar-refractivity contribution in [3.8, 4) is 0 Å². The van der Waals surface area contributed by atoms with Crippen LogP contribution in [0, 0.1) is 0 Å². The zero-order valence-electron chi connectivity index (χ0n) is 14.4. The van der Waals surface area contributed by atoms with Crippen LogP contribution in [-0.2, 0) is 10.3 Å². The van der Waals surface area contributed by atoms with Crippen molar-refractivity contribution in [1.82, 2.24) is 14.7 Å². The van der Waals surface area contributed by atoms with Crippen molar-refractivity contribution in [3.05, 3.63) is 18.0 Å². The number of hydrogen-bond donors (Lipinski definition) is 1. The Morgan fingerprint density at radius 1 is 1.35 bits per heavy atom. The topological polar surface area (TPSA) is 73.4 Å². The molecule has 0 spiro atoms. The fraction of sp³-hybridized carbons (Fsp3) is 0.765. The van der Waals surface area contributed by atoms with Crippen LogP contribution in [0.4, 0.5) is 4.79 Å². The van der Waals surface area contributed by atoms with Gasteiger partial charge in [0.15, 0.2) is 0 Å². The second-order valence-electron chi connectivity index (χ2n) is 7.87. The van der Waals surface area contributed by atoms with Gasteiger partial charge in [-0.15, -0.1) is 0 Å². The highest BCUT2D eigenvalue weighted by atomic mass is 16.6. The highest BCUT2D eigenvalue weighted by molar-refractivity contribution is 5.68. The van der Waals surface area contributed by atoms with Gasteiger partial charge in [0.05, 0.1) is 17.3 Å². The monoisotopic (exact) mass is 320 g/mol. The smallest absolute Gasteiger partial charge is 0.410 e. The molecule has 1 saturated heterocycles. The zero-order valence-corrected chi connectivity index (χ0v) is 14.4. The van der Waals surface area contributed by atoms with Crippen molar-refractivity contribution < 1.29 is 9.53 Å². The lowest BCUT2D eigenvalue weighted by molar-refractivity contribution is 0.0160. The Hall–Kier alpha value is -1.56. The Morgan fingerprint density at radius 3 is 2.52 bits per heavy atom. The molecule has 1 aromatic rings. The minimum atomic E-state index is -0.461. The summed E-state index contributed by atoms with van der Waals surface area (Å²) in [5.41, 5.74) is 6.95. The minimum Gasteiger partial charge on any atom is -0.444 e. The number of carbonyl (C=O) groups is 1. The van der Waals surface area contributed by atoms with Gasteiger partial charge in [-0.2, -0.15) is 5.10 Å². The number of amides is 1. The van der Waals surface area contributed by atoms with Crippen LogP contribution >= 0.6 is 0 Å². The number of carbonyl (C=O) groups excluding carboxylic acids is 1. The highest BCUT2D eigenvalue weighted by Crippen LogP contribution is 2.37. The fourth-order valence-corrected chi connectivity index (χ4v) is 3.30. The van der Waals surface area contributed by atoms with Crippen molar-refractivity contribution in [2.45, 2.75) is 70.1 Å². The van der Waals surface area contributed by atoms with Gasteiger partial charge in [-0.25, -0.2) is 4.79 Å². The summed E-state index contributed by atoms with van der Waals surface area (Å²) in [7, 11) is 0. The van der Waals surface area contributed by atoms with Gasteiger partial charge < -0.3 is 15.4 Å². The maximum absolute atomic E-state index is 12.2. The Morgan fingerprint density at radius 2 is 2.00 bits per heavy atom. The van der Waals surface area contributed by atoms with E-state index in [-0.39, 0.29) is 6.09 Å². The molecule has 0 radical (unpaired) electrons. The lowest BCUT2D eigenvalue weighted by Gasteiger charge is -2.41. The van der Waals surface area contributed by atoms with E-state index < -0.39 is 11.1 Å². The predicted octanol–water partition coefficient (Wildman–Crippen LogP) is 2.79. The molecule has 1 saturated carbocycles. The fourth-order valence-electron chi connectivity index (χ4n) is 3.30. The molecule has 2 N–H and O–H groups in total. The Kier molecular flexibility index (Phi) is 4.12. The van der Waals surface area contributed by atoms with Crippen LogP contribution in [0.15, 0.2) is 12.3 Å². The molecular weight excluding hydrogens is 292 g/mol. The molecule has 0 aromatic carbocycles. The molecule has 128 valence electrons. The van der Waals surface area contributed by atoms with Crippen LogP contribution in [0.3, 0.4) is 0 Å². The number of ether oxygens (including phenoxy) is 1. The van der Waals surface area contributed by atoms with Gasteiger partial charge in [-0.1, -0.05) is 0 Å². The lowest BCUT2D eigenvalue weighted by Crippen LogP contribution is -2.51. The molecule has 1 amide bonds. The van der Waals surface area contributed by atoms with E-state index in [0.29, 0.717) is 19.1 Å². The maximum Gasteiger partial charge on any atom is 0.410 e. The summed E-state index contributed by atoms with van der Waals surface area (Å²) < 4.78 is 7.57. The maximum atomic E-state index is 12.2. The number of nitrogens with two attached hydrogens (primary N) is 1. The van der Waals surface area contributed by atoms with Crippen molar-refractivity contribution in [3.63, 3.8) is 0 Å². The van der Waals surface area contributed by atoms with Gasteiger partial charge in [-0.05, 0) is 58.9 Å². The number of nitrogens with zero attached hydrogens (tertiary/aromatic N) is 3. The van der Waals surface area contributed by atoms with E-state index in [9.17, 15) is 4.79 Å². The molecule has 23 heavy (non-hydrogen) atoms. The van der Waals surface area contributed by atoms with Crippen molar-refractivity contribution >= 4 is 6.09 Å². The average Bonchev–Trinajstić information content (AvgIpc) is 2.85. The molecule has 1 aliphatic heterocycles. The van der Waals surface area contributed by atoms with Crippen LogP contribution in [-0.4, -0.2) is 39.5 Å².